The first-order valence-electron chi connectivity index (χ1n) is 9.48. The van der Waals surface area contributed by atoms with E-state index in [0.29, 0.717) is 48.7 Å². The number of halogens is 2. The van der Waals surface area contributed by atoms with Gasteiger partial charge in [0.25, 0.3) is 0 Å². The van der Waals surface area contributed by atoms with Crippen molar-refractivity contribution in [2.24, 2.45) is 13.0 Å². The summed E-state index contributed by atoms with van der Waals surface area (Å²) in [5.41, 5.74) is 2.07. The number of nitrogens with one attached hydrogen (secondary N) is 1. The number of anilines is 1. The summed E-state index contributed by atoms with van der Waals surface area (Å²) in [6.45, 7) is 1.87. The van der Waals surface area contributed by atoms with Gasteiger partial charge in [0, 0.05) is 35.8 Å². The number of hydrogen-bond acceptors (Lipinski definition) is 4. The van der Waals surface area contributed by atoms with Gasteiger partial charge in [-0.1, -0.05) is 29.0 Å². The average Bonchev–Trinajstić information content (AvgIpc) is 2.98. The second kappa shape index (κ2) is 8.26. The number of thiazole rings is 1. The van der Waals surface area contributed by atoms with E-state index in [1.54, 1.807) is 23.7 Å². The number of carbonyl (C=O) groups is 1. The summed E-state index contributed by atoms with van der Waals surface area (Å²) >= 11 is 7.29. The van der Waals surface area contributed by atoms with Crippen LogP contribution in [0.1, 0.15) is 18.4 Å². The maximum Gasteiger partial charge on any atom is 0.307 e. The molecule has 8 heteroatoms. The molecule has 0 bridgehead atoms. The van der Waals surface area contributed by atoms with E-state index < -0.39 is 0 Å². The van der Waals surface area contributed by atoms with E-state index in [9.17, 15) is 14.0 Å². The van der Waals surface area contributed by atoms with Crippen molar-refractivity contribution in [3.63, 3.8) is 0 Å². The molecule has 2 aromatic carbocycles. The monoisotopic (exact) mass is 433 g/mol. The molecule has 1 amide bonds. The number of rotatable bonds is 4. The molecular formula is C21H21ClFN3O2S. The Labute approximate surface area is 176 Å². The molecule has 1 saturated heterocycles. The third-order valence-electron chi connectivity index (χ3n) is 5.46. The lowest BCUT2D eigenvalue weighted by atomic mass is 9.95. The zero-order valence-corrected chi connectivity index (χ0v) is 17.5. The summed E-state index contributed by atoms with van der Waals surface area (Å²) < 4.78 is 16.4. The first kappa shape index (κ1) is 20.1. The summed E-state index contributed by atoms with van der Waals surface area (Å²) in [7, 11) is 1.74. The lowest BCUT2D eigenvalue weighted by Crippen LogP contribution is -2.38. The Hall–Kier alpha value is -2.22. The molecule has 1 aliphatic rings. The standard InChI is InChI=1S/C21H21ClFN3O2S/c1-25-18-6-5-14(11-19(18)29-21(25)28)24-20(27)13-7-9-26(10-8-13)12-15-16(22)3-2-4-17(15)23/h2-6,11,13H,7-10,12H2,1H3,(H,24,27). The molecule has 1 aliphatic heterocycles. The van der Waals surface area contributed by atoms with Gasteiger partial charge >= 0.3 is 4.87 Å². The van der Waals surface area contributed by atoms with Crippen molar-refractivity contribution < 1.29 is 9.18 Å². The number of fused-ring (bicyclic) bond motifs is 1. The number of aromatic nitrogens is 1. The highest BCUT2D eigenvalue weighted by molar-refractivity contribution is 7.16. The Balaban J connectivity index is 1.36. The normalized spacial score (nSPS) is 15.7. The minimum absolute atomic E-state index is 0.0174. The fourth-order valence-electron chi connectivity index (χ4n) is 3.72. The first-order valence-corrected chi connectivity index (χ1v) is 10.7. The van der Waals surface area contributed by atoms with Gasteiger partial charge in [0.15, 0.2) is 0 Å². The summed E-state index contributed by atoms with van der Waals surface area (Å²) in [6.07, 6.45) is 1.41. The smallest absolute Gasteiger partial charge is 0.307 e. The summed E-state index contributed by atoms with van der Waals surface area (Å²) in [6, 6.07) is 10.2. The number of piperidine rings is 1. The minimum atomic E-state index is -0.295. The third-order valence-corrected chi connectivity index (χ3v) is 6.81. The first-order chi connectivity index (χ1) is 13.9. The maximum atomic E-state index is 14.0. The minimum Gasteiger partial charge on any atom is -0.326 e. The van der Waals surface area contributed by atoms with Crippen molar-refractivity contribution in [3.05, 3.63) is 62.5 Å². The van der Waals surface area contributed by atoms with Gasteiger partial charge in [0.2, 0.25) is 5.91 Å². The van der Waals surface area contributed by atoms with Crippen LogP contribution in [0.3, 0.4) is 0 Å². The molecular weight excluding hydrogens is 413 g/mol. The Morgan fingerprint density at radius 3 is 2.76 bits per heavy atom. The van der Waals surface area contributed by atoms with Crippen molar-refractivity contribution >= 4 is 44.7 Å². The maximum absolute atomic E-state index is 14.0. The van der Waals surface area contributed by atoms with E-state index in [-0.39, 0.29) is 22.5 Å². The van der Waals surface area contributed by atoms with Gasteiger partial charge in [-0.25, -0.2) is 4.39 Å². The fourth-order valence-corrected chi connectivity index (χ4v) is 4.86. The molecule has 0 spiro atoms. The van der Waals surface area contributed by atoms with Crippen molar-refractivity contribution in [1.29, 1.82) is 0 Å². The van der Waals surface area contributed by atoms with E-state index in [4.69, 9.17) is 11.6 Å². The molecule has 29 heavy (non-hydrogen) atoms. The van der Waals surface area contributed by atoms with Gasteiger partial charge in [-0.3, -0.25) is 14.5 Å². The van der Waals surface area contributed by atoms with Crippen molar-refractivity contribution in [3.8, 4) is 0 Å². The molecule has 152 valence electrons. The number of amides is 1. The molecule has 0 saturated carbocycles. The van der Waals surface area contributed by atoms with E-state index in [0.717, 1.165) is 10.2 Å². The summed E-state index contributed by atoms with van der Waals surface area (Å²) in [4.78, 5) is 26.6. The second-order valence-corrected chi connectivity index (χ2v) is 8.75. The Morgan fingerprint density at radius 2 is 2.03 bits per heavy atom. The van der Waals surface area contributed by atoms with Gasteiger partial charge in [0.1, 0.15) is 5.82 Å². The number of aryl methyl sites for hydroxylation is 1. The number of hydrogen-bond donors (Lipinski definition) is 1. The van der Waals surface area contributed by atoms with Gasteiger partial charge in [-0.15, -0.1) is 0 Å². The van der Waals surface area contributed by atoms with Crippen LogP contribution in [0, 0.1) is 11.7 Å². The van der Waals surface area contributed by atoms with Crippen LogP contribution in [0.25, 0.3) is 10.2 Å². The van der Waals surface area contributed by atoms with Crippen molar-refractivity contribution in [2.75, 3.05) is 18.4 Å². The zero-order chi connectivity index (χ0) is 20.5. The van der Waals surface area contributed by atoms with Crippen LogP contribution < -0.4 is 10.2 Å². The Morgan fingerprint density at radius 1 is 1.28 bits per heavy atom. The Bertz CT molecular complexity index is 1100. The van der Waals surface area contributed by atoms with Crippen LogP contribution in [0.4, 0.5) is 10.1 Å². The number of carbonyl (C=O) groups excluding carboxylic acids is 1. The SMILES string of the molecule is Cn1c(=O)sc2cc(NC(=O)C3CCN(Cc4c(F)cccc4Cl)CC3)ccc21. The summed E-state index contributed by atoms with van der Waals surface area (Å²) in [5, 5.41) is 3.41. The quantitative estimate of drug-likeness (QED) is 0.669. The second-order valence-electron chi connectivity index (χ2n) is 7.35. The molecule has 2 heterocycles. The van der Waals surface area contributed by atoms with Crippen molar-refractivity contribution in [1.82, 2.24) is 9.47 Å². The van der Waals surface area contributed by atoms with E-state index >= 15 is 0 Å². The van der Waals surface area contributed by atoms with E-state index in [2.05, 4.69) is 10.2 Å². The molecule has 1 aromatic heterocycles. The number of benzene rings is 2. The molecule has 0 atom stereocenters. The predicted molar refractivity (Wildman–Crippen MR) is 115 cm³/mol. The van der Waals surface area contributed by atoms with Gasteiger partial charge in [0.05, 0.1) is 10.2 Å². The summed E-state index contributed by atoms with van der Waals surface area (Å²) in [5.74, 6) is -0.403. The molecule has 5 nitrogen and oxygen atoms in total. The zero-order valence-electron chi connectivity index (χ0n) is 16.0. The molecule has 0 unspecified atom stereocenters. The number of nitrogens with zero attached hydrogens (tertiary/aromatic N) is 2. The van der Waals surface area contributed by atoms with E-state index in [1.165, 1.54) is 17.4 Å². The Kier molecular flexibility index (Phi) is 5.72. The molecule has 3 aromatic rings. The molecule has 1 fully saturated rings. The molecule has 1 N–H and O–H groups in total. The number of likely N-dealkylation sites (tertiary alicyclic amines) is 1. The van der Waals surface area contributed by atoms with Crippen molar-refractivity contribution in [2.45, 2.75) is 19.4 Å². The van der Waals surface area contributed by atoms with Crippen LogP contribution in [0.2, 0.25) is 5.02 Å². The van der Waals surface area contributed by atoms with E-state index in [1.807, 2.05) is 18.2 Å². The molecule has 4 rings (SSSR count). The van der Waals surface area contributed by atoms with Crippen LogP contribution in [0.5, 0.6) is 0 Å². The van der Waals surface area contributed by atoms with Crippen LogP contribution >= 0.6 is 22.9 Å². The predicted octanol–water partition coefficient (Wildman–Crippen LogP) is 4.24. The van der Waals surface area contributed by atoms with Crippen LogP contribution in [0.15, 0.2) is 41.2 Å². The lowest BCUT2D eigenvalue weighted by Gasteiger charge is -2.31. The highest BCUT2D eigenvalue weighted by Crippen LogP contribution is 2.26. The molecule has 0 aliphatic carbocycles. The highest BCUT2D eigenvalue weighted by atomic mass is 35.5. The lowest BCUT2D eigenvalue weighted by molar-refractivity contribution is -0.121. The van der Waals surface area contributed by atoms with Gasteiger partial charge in [-0.2, -0.15) is 0 Å². The average molecular weight is 434 g/mol. The van der Waals surface area contributed by atoms with Crippen LogP contribution in [-0.4, -0.2) is 28.5 Å². The molecule has 0 radical (unpaired) electrons. The fraction of sp³-hybridized carbons (Fsp3) is 0.333. The van der Waals surface area contributed by atoms with Gasteiger partial charge in [-0.05, 0) is 56.3 Å². The highest BCUT2D eigenvalue weighted by Gasteiger charge is 2.26. The topological polar surface area (TPSA) is 54.3 Å². The third kappa shape index (κ3) is 4.22. The van der Waals surface area contributed by atoms with Crippen LogP contribution in [-0.2, 0) is 18.4 Å². The largest absolute Gasteiger partial charge is 0.326 e. The van der Waals surface area contributed by atoms with Gasteiger partial charge < -0.3 is 9.88 Å².